The van der Waals surface area contributed by atoms with Gasteiger partial charge in [0.05, 0.1) is 18.4 Å². The molecule has 0 aliphatic heterocycles. The molecule has 0 atom stereocenters. The molecule has 1 heterocycles. The molecule has 0 radical (unpaired) electrons. The third-order valence-corrected chi connectivity index (χ3v) is 2.97. The molecule has 0 spiro atoms. The molecule has 6 heteroatoms. The van der Waals surface area contributed by atoms with Gasteiger partial charge in [0.2, 0.25) is 0 Å². The molecule has 0 amide bonds. The number of pyridine rings is 1. The highest BCUT2D eigenvalue weighted by atomic mass is 16.5. The molecular formula is C15H16N2O4. The molecule has 2 aromatic rings. The first kappa shape index (κ1) is 14.8. The molecule has 1 aromatic heterocycles. The van der Waals surface area contributed by atoms with E-state index in [-0.39, 0.29) is 18.9 Å². The summed E-state index contributed by atoms with van der Waals surface area (Å²) in [5, 5.41) is 9.72. The second-order valence-corrected chi connectivity index (χ2v) is 4.24. The molecular weight excluding hydrogens is 272 g/mol. The standard InChI is InChI=1S/C15H16N2O4/c1-20-15(19)10-4-3-7-17-12(10)9-21-14-6-2-5-13(18)11(14)8-16/h2-7,18H,8-9,16H2,1H3. The van der Waals surface area contributed by atoms with E-state index in [1.54, 1.807) is 30.5 Å². The average molecular weight is 288 g/mol. The number of hydrogen-bond donors (Lipinski definition) is 2. The Morgan fingerprint density at radius 3 is 2.86 bits per heavy atom. The number of aromatic nitrogens is 1. The lowest BCUT2D eigenvalue weighted by Crippen LogP contribution is -2.10. The van der Waals surface area contributed by atoms with E-state index in [0.717, 1.165) is 0 Å². The zero-order valence-electron chi connectivity index (χ0n) is 11.6. The molecule has 21 heavy (non-hydrogen) atoms. The quantitative estimate of drug-likeness (QED) is 0.812. The predicted molar refractivity (Wildman–Crippen MR) is 75.9 cm³/mol. The molecule has 0 saturated carbocycles. The van der Waals surface area contributed by atoms with E-state index >= 15 is 0 Å². The summed E-state index contributed by atoms with van der Waals surface area (Å²) in [6.07, 6.45) is 1.57. The number of ether oxygens (including phenoxy) is 2. The number of methoxy groups -OCH3 is 1. The normalized spacial score (nSPS) is 10.2. The Kier molecular flexibility index (Phi) is 4.73. The number of carbonyl (C=O) groups is 1. The molecule has 3 N–H and O–H groups in total. The Morgan fingerprint density at radius 2 is 2.14 bits per heavy atom. The minimum atomic E-state index is -0.475. The van der Waals surface area contributed by atoms with Gasteiger partial charge in [-0.25, -0.2) is 4.79 Å². The maximum absolute atomic E-state index is 11.6. The zero-order valence-corrected chi connectivity index (χ0v) is 11.6. The summed E-state index contributed by atoms with van der Waals surface area (Å²) < 4.78 is 10.3. The lowest BCUT2D eigenvalue weighted by molar-refractivity contribution is 0.0597. The van der Waals surface area contributed by atoms with Gasteiger partial charge in [0.15, 0.2) is 0 Å². The van der Waals surface area contributed by atoms with Crippen LogP contribution in [0.25, 0.3) is 0 Å². The Labute approximate surface area is 122 Å². The molecule has 0 fully saturated rings. The Hall–Kier alpha value is -2.60. The van der Waals surface area contributed by atoms with E-state index in [9.17, 15) is 9.90 Å². The van der Waals surface area contributed by atoms with E-state index in [4.69, 9.17) is 15.2 Å². The van der Waals surface area contributed by atoms with Crippen molar-refractivity contribution >= 4 is 5.97 Å². The van der Waals surface area contributed by atoms with E-state index in [1.165, 1.54) is 13.2 Å². The van der Waals surface area contributed by atoms with E-state index in [2.05, 4.69) is 4.98 Å². The van der Waals surface area contributed by atoms with Gasteiger partial charge < -0.3 is 20.3 Å². The number of aromatic hydroxyl groups is 1. The number of esters is 1. The molecule has 0 aliphatic carbocycles. The molecule has 1 aromatic carbocycles. The van der Waals surface area contributed by atoms with Crippen LogP contribution < -0.4 is 10.5 Å². The molecule has 2 rings (SSSR count). The van der Waals surface area contributed by atoms with Crippen molar-refractivity contribution in [1.82, 2.24) is 4.98 Å². The summed E-state index contributed by atoms with van der Waals surface area (Å²) in [4.78, 5) is 15.8. The Bertz CT molecular complexity index is 643. The fourth-order valence-electron chi connectivity index (χ4n) is 1.89. The highest BCUT2D eigenvalue weighted by molar-refractivity contribution is 5.90. The SMILES string of the molecule is COC(=O)c1cccnc1COc1cccc(O)c1CN. The smallest absolute Gasteiger partial charge is 0.339 e. The van der Waals surface area contributed by atoms with E-state index < -0.39 is 5.97 Å². The van der Waals surface area contributed by atoms with Crippen molar-refractivity contribution in [3.8, 4) is 11.5 Å². The van der Waals surface area contributed by atoms with Crippen LogP contribution >= 0.6 is 0 Å². The van der Waals surface area contributed by atoms with Crippen molar-refractivity contribution < 1.29 is 19.4 Å². The highest BCUT2D eigenvalue weighted by Crippen LogP contribution is 2.27. The summed E-state index contributed by atoms with van der Waals surface area (Å²) in [6, 6.07) is 8.15. The number of benzene rings is 1. The van der Waals surface area contributed by atoms with Crippen LogP contribution in [0.2, 0.25) is 0 Å². The number of hydrogen-bond acceptors (Lipinski definition) is 6. The van der Waals surface area contributed by atoms with Crippen LogP contribution in [0.4, 0.5) is 0 Å². The largest absolute Gasteiger partial charge is 0.507 e. The maximum atomic E-state index is 11.6. The minimum Gasteiger partial charge on any atom is -0.507 e. The number of nitrogens with two attached hydrogens (primary N) is 1. The van der Waals surface area contributed by atoms with Crippen molar-refractivity contribution in [1.29, 1.82) is 0 Å². The molecule has 0 saturated heterocycles. The molecule has 110 valence electrons. The van der Waals surface area contributed by atoms with Crippen molar-refractivity contribution in [2.75, 3.05) is 7.11 Å². The lowest BCUT2D eigenvalue weighted by atomic mass is 10.1. The van der Waals surface area contributed by atoms with E-state index in [0.29, 0.717) is 22.6 Å². The summed E-state index contributed by atoms with van der Waals surface area (Å²) in [7, 11) is 1.31. The first-order valence-corrected chi connectivity index (χ1v) is 6.33. The zero-order chi connectivity index (χ0) is 15.2. The first-order valence-electron chi connectivity index (χ1n) is 6.33. The number of phenols is 1. The van der Waals surface area contributed by atoms with Gasteiger partial charge in [0.1, 0.15) is 18.1 Å². The molecule has 0 unspecified atom stereocenters. The van der Waals surface area contributed by atoms with Crippen LogP contribution in [0.3, 0.4) is 0 Å². The number of rotatable bonds is 5. The van der Waals surface area contributed by atoms with Crippen LogP contribution in [-0.2, 0) is 17.9 Å². The predicted octanol–water partition coefficient (Wildman–Crippen LogP) is 1.61. The highest BCUT2D eigenvalue weighted by Gasteiger charge is 2.14. The second-order valence-electron chi connectivity index (χ2n) is 4.24. The van der Waals surface area contributed by atoms with Crippen molar-refractivity contribution in [2.24, 2.45) is 5.73 Å². The van der Waals surface area contributed by atoms with Crippen LogP contribution in [0.5, 0.6) is 11.5 Å². The van der Waals surface area contributed by atoms with Crippen LogP contribution in [-0.4, -0.2) is 23.2 Å². The number of phenolic OH excluding ortho intramolecular Hbond substituents is 1. The van der Waals surface area contributed by atoms with Crippen molar-refractivity contribution in [3.05, 3.63) is 53.3 Å². The third kappa shape index (κ3) is 3.29. The van der Waals surface area contributed by atoms with Gasteiger partial charge in [-0.05, 0) is 24.3 Å². The second kappa shape index (κ2) is 6.71. The van der Waals surface area contributed by atoms with Crippen molar-refractivity contribution in [2.45, 2.75) is 13.2 Å². The van der Waals surface area contributed by atoms with E-state index in [1.807, 2.05) is 0 Å². The Morgan fingerprint density at radius 1 is 1.33 bits per heavy atom. The Balaban J connectivity index is 2.21. The molecule has 0 aliphatic rings. The van der Waals surface area contributed by atoms with Gasteiger partial charge >= 0.3 is 5.97 Å². The van der Waals surface area contributed by atoms with Crippen LogP contribution in [0.15, 0.2) is 36.5 Å². The lowest BCUT2D eigenvalue weighted by Gasteiger charge is -2.12. The minimum absolute atomic E-state index is 0.0712. The van der Waals surface area contributed by atoms with Crippen molar-refractivity contribution in [3.63, 3.8) is 0 Å². The summed E-state index contributed by atoms with van der Waals surface area (Å²) in [5.74, 6) is 0.0554. The van der Waals surface area contributed by atoms with Gasteiger partial charge in [-0.15, -0.1) is 0 Å². The maximum Gasteiger partial charge on any atom is 0.339 e. The average Bonchev–Trinajstić information content (AvgIpc) is 2.52. The van der Waals surface area contributed by atoms with Gasteiger partial charge in [-0.1, -0.05) is 6.07 Å². The van der Waals surface area contributed by atoms with Gasteiger partial charge in [-0.3, -0.25) is 4.98 Å². The number of carbonyl (C=O) groups excluding carboxylic acids is 1. The van der Waals surface area contributed by atoms with Crippen LogP contribution in [0.1, 0.15) is 21.6 Å². The third-order valence-electron chi connectivity index (χ3n) is 2.97. The monoisotopic (exact) mass is 288 g/mol. The summed E-state index contributed by atoms with van der Waals surface area (Å²) in [5.41, 5.74) is 6.89. The number of nitrogens with zero attached hydrogens (tertiary/aromatic N) is 1. The topological polar surface area (TPSA) is 94.7 Å². The van der Waals surface area contributed by atoms with Gasteiger partial charge in [0.25, 0.3) is 0 Å². The van der Waals surface area contributed by atoms with Crippen LogP contribution in [0, 0.1) is 0 Å². The summed E-state index contributed by atoms with van der Waals surface area (Å²) >= 11 is 0. The molecule has 6 nitrogen and oxygen atoms in total. The molecule has 0 bridgehead atoms. The fraction of sp³-hybridized carbons (Fsp3) is 0.200. The van der Waals surface area contributed by atoms with Gasteiger partial charge in [0, 0.05) is 18.3 Å². The van der Waals surface area contributed by atoms with Gasteiger partial charge in [-0.2, -0.15) is 0 Å². The summed E-state index contributed by atoms with van der Waals surface area (Å²) in [6.45, 7) is 0.218. The fourth-order valence-corrected chi connectivity index (χ4v) is 1.89. The first-order chi connectivity index (χ1) is 10.2.